The summed E-state index contributed by atoms with van der Waals surface area (Å²) in [7, 11) is 3.25. The first-order valence-electron chi connectivity index (χ1n) is 11.5. The van der Waals surface area contributed by atoms with Gasteiger partial charge in [-0.2, -0.15) is 0 Å². The van der Waals surface area contributed by atoms with Gasteiger partial charge in [-0.1, -0.05) is 36.4 Å². The molecule has 0 bridgehead atoms. The largest absolute Gasteiger partial charge is 0.497 e. The Labute approximate surface area is 223 Å². The quantitative estimate of drug-likeness (QED) is 0.253. The minimum Gasteiger partial charge on any atom is -0.497 e. The van der Waals surface area contributed by atoms with Gasteiger partial charge in [-0.05, 0) is 73.9 Å². The summed E-state index contributed by atoms with van der Waals surface area (Å²) in [5, 5.41) is 23.3. The molecule has 4 rings (SSSR count). The fourth-order valence-electron chi connectivity index (χ4n) is 4.54. The zero-order chi connectivity index (χ0) is 25.4. The molecular formula is C29H33CoN3O3. The molecule has 1 aliphatic heterocycles. The molecule has 3 aromatic carbocycles. The van der Waals surface area contributed by atoms with Crippen molar-refractivity contribution in [1.29, 1.82) is 10.8 Å². The van der Waals surface area contributed by atoms with Crippen LogP contribution in [0.3, 0.4) is 0 Å². The maximum absolute atomic E-state index is 8.77. The average Bonchev–Trinajstić information content (AvgIpc) is 3.11. The Bertz CT molecular complexity index is 1210. The molecule has 0 fully saturated rings. The van der Waals surface area contributed by atoms with Crippen molar-refractivity contribution in [3.8, 4) is 11.5 Å². The van der Waals surface area contributed by atoms with E-state index in [0.717, 1.165) is 18.7 Å². The van der Waals surface area contributed by atoms with Gasteiger partial charge in [0.05, 0.1) is 14.2 Å². The van der Waals surface area contributed by atoms with Crippen molar-refractivity contribution < 1.29 is 31.4 Å². The van der Waals surface area contributed by atoms with Crippen molar-refractivity contribution in [2.24, 2.45) is 0 Å². The fourth-order valence-corrected chi connectivity index (χ4v) is 4.54. The summed E-state index contributed by atoms with van der Waals surface area (Å²) < 4.78 is 10.4. The van der Waals surface area contributed by atoms with Gasteiger partial charge in [0.1, 0.15) is 11.5 Å². The molecule has 36 heavy (non-hydrogen) atoms. The number of anilines is 1. The molecule has 0 aliphatic carbocycles. The van der Waals surface area contributed by atoms with E-state index in [1.807, 2.05) is 18.2 Å². The molecule has 1 atom stereocenters. The number of aliphatic hydroxyl groups is 1. The van der Waals surface area contributed by atoms with E-state index in [1.165, 1.54) is 28.7 Å². The van der Waals surface area contributed by atoms with E-state index in [2.05, 4.69) is 55.1 Å². The van der Waals surface area contributed by atoms with Gasteiger partial charge in [0.2, 0.25) is 5.90 Å². The number of fused-ring (bicyclic) bond motifs is 1. The van der Waals surface area contributed by atoms with Crippen molar-refractivity contribution in [2.75, 3.05) is 25.7 Å². The topological polar surface area (TPSA) is 89.6 Å². The van der Waals surface area contributed by atoms with E-state index in [4.69, 9.17) is 25.4 Å². The van der Waals surface area contributed by atoms with E-state index >= 15 is 0 Å². The number of ether oxygens (including phenoxy) is 2. The molecule has 7 heteroatoms. The van der Waals surface area contributed by atoms with Crippen LogP contribution in [0, 0.1) is 10.8 Å². The van der Waals surface area contributed by atoms with Crippen LogP contribution in [0.15, 0.2) is 84.6 Å². The second kappa shape index (κ2) is 12.9. The number of methoxy groups -OCH3 is 2. The molecule has 0 saturated carbocycles. The molecule has 1 aliphatic rings. The van der Waals surface area contributed by atoms with Gasteiger partial charge < -0.3 is 24.9 Å². The molecule has 1 radical (unpaired) electrons. The number of hydrogen-bond donors (Lipinski definition) is 3. The predicted molar refractivity (Wildman–Crippen MR) is 143 cm³/mol. The Hall–Kier alpha value is -3.55. The molecule has 6 nitrogen and oxygen atoms in total. The van der Waals surface area contributed by atoms with Crippen LogP contribution in [-0.4, -0.2) is 38.0 Å². The summed E-state index contributed by atoms with van der Waals surface area (Å²) >= 11 is 0. The summed E-state index contributed by atoms with van der Waals surface area (Å²) in [6.45, 7) is 5.30. The van der Waals surface area contributed by atoms with Crippen molar-refractivity contribution in [1.82, 2.24) is 0 Å². The fraction of sp³-hybridized carbons (Fsp3) is 0.241. The molecular weight excluding hydrogens is 497 g/mol. The smallest absolute Gasteiger partial charge is 0.210 e. The van der Waals surface area contributed by atoms with Crippen molar-refractivity contribution in [3.05, 3.63) is 101 Å². The van der Waals surface area contributed by atoms with Gasteiger partial charge in [-0.25, -0.2) is 0 Å². The maximum atomic E-state index is 8.77. The number of allylic oxidation sites excluding steroid dienone is 2. The Balaban J connectivity index is 0.000000321. The van der Waals surface area contributed by atoms with Crippen LogP contribution in [0.2, 0.25) is 0 Å². The first-order valence-corrected chi connectivity index (χ1v) is 11.5. The van der Waals surface area contributed by atoms with E-state index in [0.29, 0.717) is 11.3 Å². The molecule has 1 unspecified atom stereocenters. The minimum absolute atomic E-state index is 0. The zero-order valence-corrected chi connectivity index (χ0v) is 22.1. The Kier molecular flexibility index (Phi) is 10.3. The van der Waals surface area contributed by atoms with Crippen molar-refractivity contribution in [2.45, 2.75) is 25.7 Å². The number of benzene rings is 3. The van der Waals surface area contributed by atoms with Crippen LogP contribution in [0.25, 0.3) is 0 Å². The molecule has 1 heterocycles. The molecule has 191 valence electrons. The van der Waals surface area contributed by atoms with Crippen molar-refractivity contribution >= 4 is 17.8 Å². The number of likely N-dealkylation sites (N-methyl/N-ethyl adjacent to an activating group) is 1. The number of rotatable bonds is 7. The molecule has 3 aromatic rings. The SMILES string of the molecule is CCN1/C(=C\C=N)C(C)(Cc2ccccc2)c2cc(OC)ccc21.COc1cccc(C(=N)O)c1.[Co]. The normalized spacial score (nSPS) is 16.8. The molecule has 0 amide bonds. The summed E-state index contributed by atoms with van der Waals surface area (Å²) in [6.07, 6.45) is 4.22. The minimum atomic E-state index is -0.441. The van der Waals surface area contributed by atoms with Crippen LogP contribution in [0.1, 0.15) is 30.5 Å². The number of hydrogen-bond acceptors (Lipinski definition) is 5. The van der Waals surface area contributed by atoms with Gasteiger partial charge in [0, 0.05) is 51.9 Å². The van der Waals surface area contributed by atoms with Crippen LogP contribution in [0.4, 0.5) is 5.69 Å². The van der Waals surface area contributed by atoms with Crippen LogP contribution >= 0.6 is 0 Å². The number of nitrogens with zero attached hydrogens (tertiary/aromatic N) is 1. The molecule has 3 N–H and O–H groups in total. The van der Waals surface area contributed by atoms with Crippen molar-refractivity contribution in [3.63, 3.8) is 0 Å². The van der Waals surface area contributed by atoms with E-state index < -0.39 is 5.90 Å². The Morgan fingerprint density at radius 3 is 2.22 bits per heavy atom. The first-order chi connectivity index (χ1) is 16.9. The number of nitrogens with one attached hydrogen (secondary N) is 2. The second-order valence-corrected chi connectivity index (χ2v) is 8.42. The third-order valence-corrected chi connectivity index (χ3v) is 6.25. The average molecular weight is 531 g/mol. The summed E-state index contributed by atoms with van der Waals surface area (Å²) in [5.74, 6) is 1.07. The molecule has 0 saturated heterocycles. The monoisotopic (exact) mass is 530 g/mol. The zero-order valence-electron chi connectivity index (χ0n) is 21.0. The maximum Gasteiger partial charge on any atom is 0.210 e. The van der Waals surface area contributed by atoms with Crippen LogP contribution in [-0.2, 0) is 28.6 Å². The van der Waals surface area contributed by atoms with E-state index in [9.17, 15) is 0 Å². The van der Waals surface area contributed by atoms with E-state index in [-0.39, 0.29) is 22.2 Å². The Morgan fingerprint density at radius 2 is 1.64 bits per heavy atom. The second-order valence-electron chi connectivity index (χ2n) is 8.42. The predicted octanol–water partition coefficient (Wildman–Crippen LogP) is 6.15. The number of aliphatic hydroxyl groups excluding tert-OH is 1. The van der Waals surface area contributed by atoms with Crippen LogP contribution < -0.4 is 14.4 Å². The summed E-state index contributed by atoms with van der Waals surface area (Å²) in [6, 6.07) is 23.6. The summed E-state index contributed by atoms with van der Waals surface area (Å²) in [4.78, 5) is 2.31. The van der Waals surface area contributed by atoms with Gasteiger partial charge in [-0.3, -0.25) is 5.41 Å². The molecule has 0 aromatic heterocycles. The van der Waals surface area contributed by atoms with Gasteiger partial charge in [0.25, 0.3) is 0 Å². The Morgan fingerprint density at radius 1 is 0.972 bits per heavy atom. The third kappa shape index (κ3) is 6.16. The first kappa shape index (κ1) is 28.7. The third-order valence-electron chi connectivity index (χ3n) is 6.25. The van der Waals surface area contributed by atoms with Gasteiger partial charge in [-0.15, -0.1) is 0 Å². The van der Waals surface area contributed by atoms with E-state index in [1.54, 1.807) is 38.5 Å². The van der Waals surface area contributed by atoms with Gasteiger partial charge in [0.15, 0.2) is 0 Å². The van der Waals surface area contributed by atoms with Gasteiger partial charge >= 0.3 is 0 Å². The standard InChI is InChI=1S/C21H24N2O.C8H9NO2.Co/c1-4-23-19-11-10-17(24-3)14-18(19)21(2,20(23)12-13-22)15-16-8-6-5-7-9-16;1-11-7-4-2-3-6(5-7)8(9)10;/h5-14,22H,4,15H2,1-3H3;2-5H,1H3,(H2,9,10);/b20-12-,22-13?;;. The summed E-state index contributed by atoms with van der Waals surface area (Å²) in [5.41, 5.74) is 5.23. The van der Waals surface area contributed by atoms with Crippen LogP contribution in [0.5, 0.6) is 11.5 Å². The molecule has 0 spiro atoms.